The van der Waals surface area contributed by atoms with Gasteiger partial charge < -0.3 is 26.0 Å². The number of carbonyl (C=O) groups is 3. The fraction of sp³-hybridized carbons (Fsp3) is 0.812. The lowest BCUT2D eigenvalue weighted by atomic mass is 9.98. The number of methoxy groups -OCH3 is 1. The van der Waals surface area contributed by atoms with Crippen molar-refractivity contribution in [3.63, 3.8) is 0 Å². The number of hydrogen-bond acceptors (Lipinski definition) is 5. The summed E-state index contributed by atoms with van der Waals surface area (Å²) in [5.74, 6) is -1.56. The van der Waals surface area contributed by atoms with Crippen LogP contribution in [0.2, 0.25) is 0 Å². The van der Waals surface area contributed by atoms with E-state index in [2.05, 4.69) is 10.1 Å². The van der Waals surface area contributed by atoms with Crippen molar-refractivity contribution in [3.05, 3.63) is 0 Å². The summed E-state index contributed by atoms with van der Waals surface area (Å²) in [4.78, 5) is 32.1. The zero-order valence-corrected chi connectivity index (χ0v) is 14.1. The Kier molecular flexibility index (Phi) is 8.53. The number of carbonyl (C=O) groups excluding carboxylic acids is 1. The first kappa shape index (κ1) is 20.2. The molecular formula is C16H28N2O6. The van der Waals surface area contributed by atoms with E-state index in [-0.39, 0.29) is 11.8 Å². The summed E-state index contributed by atoms with van der Waals surface area (Å²) in [5, 5.41) is 19.8. The Hall–Kier alpha value is -1.83. The lowest BCUT2D eigenvalue weighted by Gasteiger charge is -2.19. The number of ether oxygens (including phenoxy) is 1. The van der Waals surface area contributed by atoms with Crippen LogP contribution >= 0.6 is 0 Å². The zero-order valence-electron chi connectivity index (χ0n) is 14.1. The highest BCUT2D eigenvalue weighted by molar-refractivity contribution is 5.80. The summed E-state index contributed by atoms with van der Waals surface area (Å²) in [6.45, 7) is 0. The number of amides is 1. The molecule has 5 N–H and O–H groups in total. The first-order valence-electron chi connectivity index (χ1n) is 8.42. The Morgan fingerprint density at radius 3 is 1.79 bits per heavy atom. The molecule has 0 radical (unpaired) electrons. The standard InChI is InChI=1S/C9H15NO4.C7H13NO2/c1-14-9(13)10-7(8(11)12)6-4-2-3-5-6;8-6(7(9)10)5-3-1-2-4-5/h6-7H,2-5H2,1H3,(H,10,13)(H,11,12);5-6H,1-4,8H2,(H,9,10)/t7-;6-/m00/s1. The molecular weight excluding hydrogens is 316 g/mol. The lowest BCUT2D eigenvalue weighted by Crippen LogP contribution is -2.45. The molecule has 0 aromatic carbocycles. The van der Waals surface area contributed by atoms with Gasteiger partial charge in [-0.1, -0.05) is 25.7 Å². The van der Waals surface area contributed by atoms with E-state index in [1.807, 2.05) is 0 Å². The van der Waals surface area contributed by atoms with E-state index in [4.69, 9.17) is 15.9 Å². The van der Waals surface area contributed by atoms with E-state index in [1.165, 1.54) is 7.11 Å². The van der Waals surface area contributed by atoms with Crippen LogP contribution in [0.1, 0.15) is 51.4 Å². The molecule has 0 saturated heterocycles. The second kappa shape index (κ2) is 10.1. The quantitative estimate of drug-likeness (QED) is 0.593. The highest BCUT2D eigenvalue weighted by Gasteiger charge is 2.32. The van der Waals surface area contributed by atoms with Gasteiger partial charge in [0.1, 0.15) is 12.1 Å². The summed E-state index contributed by atoms with van der Waals surface area (Å²) in [7, 11) is 1.23. The minimum Gasteiger partial charge on any atom is -0.480 e. The molecule has 8 heteroatoms. The van der Waals surface area contributed by atoms with Gasteiger partial charge in [0.15, 0.2) is 0 Å². The van der Waals surface area contributed by atoms with Crippen molar-refractivity contribution < 1.29 is 29.3 Å². The van der Waals surface area contributed by atoms with Gasteiger partial charge >= 0.3 is 18.0 Å². The third-order valence-corrected chi connectivity index (χ3v) is 4.79. The minimum atomic E-state index is -0.984. The molecule has 0 spiro atoms. The molecule has 24 heavy (non-hydrogen) atoms. The van der Waals surface area contributed by atoms with Crippen LogP contribution in [0.15, 0.2) is 0 Å². The van der Waals surface area contributed by atoms with Gasteiger partial charge in [0.05, 0.1) is 7.11 Å². The van der Waals surface area contributed by atoms with Crippen LogP contribution < -0.4 is 11.1 Å². The fourth-order valence-corrected chi connectivity index (χ4v) is 3.38. The third kappa shape index (κ3) is 6.35. The Bertz CT molecular complexity index is 430. The van der Waals surface area contributed by atoms with Crippen LogP contribution in [-0.2, 0) is 14.3 Å². The Labute approximate surface area is 141 Å². The molecule has 0 bridgehead atoms. The normalized spacial score (nSPS) is 20.6. The van der Waals surface area contributed by atoms with Crippen molar-refractivity contribution in [3.8, 4) is 0 Å². The van der Waals surface area contributed by atoms with Gasteiger partial charge in [-0.15, -0.1) is 0 Å². The number of carboxylic acids is 2. The summed E-state index contributed by atoms with van der Waals surface area (Å²) >= 11 is 0. The molecule has 2 rings (SSSR count). The topological polar surface area (TPSA) is 139 Å². The van der Waals surface area contributed by atoms with E-state index >= 15 is 0 Å². The van der Waals surface area contributed by atoms with Crippen molar-refractivity contribution in [1.82, 2.24) is 5.32 Å². The van der Waals surface area contributed by atoms with Crippen molar-refractivity contribution in [2.24, 2.45) is 17.6 Å². The molecule has 138 valence electrons. The Morgan fingerprint density at radius 1 is 0.958 bits per heavy atom. The van der Waals surface area contributed by atoms with Gasteiger partial charge in [-0.2, -0.15) is 0 Å². The summed E-state index contributed by atoms with van der Waals surface area (Å²) in [5.41, 5.74) is 5.42. The average Bonchev–Trinajstić information content (AvgIpc) is 3.24. The van der Waals surface area contributed by atoms with Crippen LogP contribution in [0.5, 0.6) is 0 Å². The second-order valence-corrected chi connectivity index (χ2v) is 6.40. The van der Waals surface area contributed by atoms with Crippen LogP contribution in [-0.4, -0.2) is 47.4 Å². The molecule has 2 atom stereocenters. The highest BCUT2D eigenvalue weighted by atomic mass is 16.5. The molecule has 2 aliphatic carbocycles. The average molecular weight is 344 g/mol. The van der Waals surface area contributed by atoms with Crippen molar-refractivity contribution >= 4 is 18.0 Å². The monoisotopic (exact) mass is 344 g/mol. The molecule has 2 aliphatic rings. The van der Waals surface area contributed by atoms with Crippen molar-refractivity contribution in [2.75, 3.05) is 7.11 Å². The number of nitrogens with two attached hydrogens (primary N) is 1. The van der Waals surface area contributed by atoms with E-state index in [0.29, 0.717) is 0 Å². The maximum atomic E-state index is 10.9. The van der Waals surface area contributed by atoms with E-state index < -0.39 is 30.1 Å². The smallest absolute Gasteiger partial charge is 0.407 e. The summed E-state index contributed by atoms with van der Waals surface area (Å²) < 4.78 is 4.38. The van der Waals surface area contributed by atoms with Crippen molar-refractivity contribution in [1.29, 1.82) is 0 Å². The minimum absolute atomic E-state index is 0.0478. The maximum absolute atomic E-state index is 10.9. The van der Waals surface area contributed by atoms with Gasteiger partial charge in [0.25, 0.3) is 0 Å². The number of alkyl carbamates (subject to hydrolysis) is 1. The molecule has 0 unspecified atom stereocenters. The van der Waals surface area contributed by atoms with Gasteiger partial charge in [0.2, 0.25) is 0 Å². The number of nitrogens with one attached hydrogen (secondary N) is 1. The first-order valence-corrected chi connectivity index (χ1v) is 8.42. The Morgan fingerprint density at radius 2 is 1.42 bits per heavy atom. The lowest BCUT2D eigenvalue weighted by molar-refractivity contribution is -0.141. The molecule has 2 saturated carbocycles. The zero-order chi connectivity index (χ0) is 18.1. The van der Waals surface area contributed by atoms with E-state index in [9.17, 15) is 14.4 Å². The third-order valence-electron chi connectivity index (χ3n) is 4.79. The molecule has 0 aliphatic heterocycles. The SMILES string of the molecule is COC(=O)N[C@H](C(=O)O)C1CCCC1.N[C@H](C(=O)O)C1CCCC1. The molecule has 2 fully saturated rings. The predicted octanol–water partition coefficient (Wildman–Crippen LogP) is 1.57. The highest BCUT2D eigenvalue weighted by Crippen LogP contribution is 2.28. The number of carboxylic acid groups (broad SMARTS) is 2. The fourth-order valence-electron chi connectivity index (χ4n) is 3.38. The van der Waals surface area contributed by atoms with Crippen LogP contribution in [0, 0.1) is 11.8 Å². The summed E-state index contributed by atoms with van der Waals surface area (Å²) in [6, 6.07) is -1.42. The van der Waals surface area contributed by atoms with Gasteiger partial charge in [0, 0.05) is 0 Å². The largest absolute Gasteiger partial charge is 0.480 e. The Balaban J connectivity index is 0.000000254. The maximum Gasteiger partial charge on any atom is 0.407 e. The van der Waals surface area contributed by atoms with E-state index in [1.54, 1.807) is 0 Å². The number of hydrogen-bond donors (Lipinski definition) is 4. The van der Waals surface area contributed by atoms with E-state index in [0.717, 1.165) is 51.4 Å². The number of rotatable bonds is 5. The summed E-state index contributed by atoms with van der Waals surface area (Å²) in [6.07, 6.45) is 7.40. The van der Waals surface area contributed by atoms with Crippen LogP contribution in [0.4, 0.5) is 4.79 Å². The molecule has 0 aromatic rings. The molecule has 0 heterocycles. The van der Waals surface area contributed by atoms with Gasteiger partial charge in [-0.3, -0.25) is 4.79 Å². The second-order valence-electron chi connectivity index (χ2n) is 6.40. The number of aliphatic carboxylic acids is 2. The molecule has 0 aromatic heterocycles. The van der Waals surface area contributed by atoms with Crippen LogP contribution in [0.25, 0.3) is 0 Å². The van der Waals surface area contributed by atoms with Crippen molar-refractivity contribution in [2.45, 2.75) is 63.5 Å². The van der Waals surface area contributed by atoms with Gasteiger partial charge in [-0.05, 0) is 37.5 Å². The molecule has 1 amide bonds. The van der Waals surface area contributed by atoms with Gasteiger partial charge in [-0.25, -0.2) is 9.59 Å². The van der Waals surface area contributed by atoms with Crippen LogP contribution in [0.3, 0.4) is 0 Å². The first-order chi connectivity index (χ1) is 11.4. The molecule has 8 nitrogen and oxygen atoms in total. The predicted molar refractivity (Wildman–Crippen MR) is 86.5 cm³/mol.